The smallest absolute Gasteiger partial charge is 0.268 e. The lowest BCUT2D eigenvalue weighted by molar-refractivity contribution is -0.0591. The van der Waals surface area contributed by atoms with Crippen LogP contribution in [0.3, 0.4) is 0 Å². The highest BCUT2D eigenvalue weighted by molar-refractivity contribution is 7.09. The fraction of sp³-hybridized carbons (Fsp3) is 0.556. The maximum atomic E-state index is 11.4. The van der Waals surface area contributed by atoms with Crippen molar-refractivity contribution in [2.45, 2.75) is 33.3 Å². The van der Waals surface area contributed by atoms with Crippen LogP contribution >= 0.6 is 11.3 Å². The molecule has 0 aliphatic rings. The van der Waals surface area contributed by atoms with Crippen LogP contribution in [0.25, 0.3) is 0 Å². The van der Waals surface area contributed by atoms with E-state index in [4.69, 9.17) is 4.84 Å². The molecule has 0 radical (unpaired) electrons. The zero-order valence-corrected chi connectivity index (χ0v) is 9.57. The molecule has 0 unspecified atom stereocenters. The Bertz CT molecular complexity index is 328. The zero-order chi connectivity index (χ0) is 10.8. The van der Waals surface area contributed by atoms with Crippen molar-refractivity contribution in [1.29, 1.82) is 0 Å². The first-order valence-electron chi connectivity index (χ1n) is 4.29. The molecular weight excluding hydrogens is 200 g/mol. The third-order valence-electron chi connectivity index (χ3n) is 1.30. The summed E-state index contributed by atoms with van der Waals surface area (Å²) in [4.78, 5) is 20.6. The van der Waals surface area contributed by atoms with Crippen LogP contribution in [0.15, 0.2) is 5.38 Å². The maximum Gasteiger partial charge on any atom is 0.294 e. The van der Waals surface area contributed by atoms with E-state index >= 15 is 0 Å². The molecule has 1 aromatic rings. The number of hydrogen-bond acceptors (Lipinski definition) is 4. The standard InChI is InChI=1S/C9H14N2O2S/c1-6-10-7(5-14-6)8(12)11-13-9(2,3)4/h5H,1-4H3,(H,11,12). The van der Waals surface area contributed by atoms with E-state index < -0.39 is 0 Å². The van der Waals surface area contributed by atoms with Crippen molar-refractivity contribution in [3.63, 3.8) is 0 Å². The van der Waals surface area contributed by atoms with E-state index in [9.17, 15) is 4.79 Å². The first kappa shape index (κ1) is 11.1. The van der Waals surface area contributed by atoms with E-state index in [1.165, 1.54) is 11.3 Å². The SMILES string of the molecule is Cc1nc(C(=O)NOC(C)(C)C)cs1. The highest BCUT2D eigenvalue weighted by Crippen LogP contribution is 2.09. The van der Waals surface area contributed by atoms with Gasteiger partial charge in [-0.25, -0.2) is 10.5 Å². The molecule has 78 valence electrons. The van der Waals surface area contributed by atoms with Gasteiger partial charge in [0.2, 0.25) is 0 Å². The van der Waals surface area contributed by atoms with E-state index in [0.29, 0.717) is 5.69 Å². The molecule has 0 atom stereocenters. The molecule has 0 aliphatic carbocycles. The molecule has 1 N–H and O–H groups in total. The summed E-state index contributed by atoms with van der Waals surface area (Å²) in [5, 5.41) is 2.57. The largest absolute Gasteiger partial charge is 0.294 e. The number of carbonyl (C=O) groups is 1. The van der Waals surface area contributed by atoms with Crippen molar-refractivity contribution < 1.29 is 9.63 Å². The number of carbonyl (C=O) groups excluding carboxylic acids is 1. The maximum absolute atomic E-state index is 11.4. The van der Waals surface area contributed by atoms with Gasteiger partial charge in [0.05, 0.1) is 10.6 Å². The molecule has 0 spiro atoms. The molecule has 1 aromatic heterocycles. The van der Waals surface area contributed by atoms with Gasteiger partial charge >= 0.3 is 0 Å². The number of amides is 1. The molecule has 0 fully saturated rings. The van der Waals surface area contributed by atoms with E-state index in [0.717, 1.165) is 5.01 Å². The Morgan fingerprint density at radius 2 is 2.21 bits per heavy atom. The van der Waals surface area contributed by atoms with Crippen LogP contribution in [0.5, 0.6) is 0 Å². The highest BCUT2D eigenvalue weighted by Gasteiger charge is 2.15. The Morgan fingerprint density at radius 1 is 1.57 bits per heavy atom. The average Bonchev–Trinajstić information content (AvgIpc) is 2.46. The molecule has 1 rings (SSSR count). The second-order valence-electron chi connectivity index (χ2n) is 3.90. The Labute approximate surface area is 87.3 Å². The van der Waals surface area contributed by atoms with Crippen molar-refractivity contribution in [2.24, 2.45) is 0 Å². The normalized spacial score (nSPS) is 11.4. The third kappa shape index (κ3) is 3.43. The minimum absolute atomic E-state index is 0.302. The van der Waals surface area contributed by atoms with Crippen LogP contribution < -0.4 is 5.48 Å². The van der Waals surface area contributed by atoms with Crippen LogP contribution in [-0.4, -0.2) is 16.5 Å². The van der Waals surface area contributed by atoms with Gasteiger partial charge in [-0.1, -0.05) is 0 Å². The predicted octanol–water partition coefficient (Wildman–Crippen LogP) is 1.91. The summed E-state index contributed by atoms with van der Waals surface area (Å²) < 4.78 is 0. The van der Waals surface area contributed by atoms with Gasteiger partial charge < -0.3 is 0 Å². The summed E-state index contributed by atoms with van der Waals surface area (Å²) in [7, 11) is 0. The van der Waals surface area contributed by atoms with Gasteiger partial charge in [-0.15, -0.1) is 11.3 Å². The monoisotopic (exact) mass is 214 g/mol. The third-order valence-corrected chi connectivity index (χ3v) is 2.08. The lowest BCUT2D eigenvalue weighted by Gasteiger charge is -2.18. The number of nitrogens with zero attached hydrogens (tertiary/aromatic N) is 1. The van der Waals surface area contributed by atoms with Crippen LogP contribution in [0.2, 0.25) is 0 Å². The molecule has 1 amide bonds. The molecule has 4 nitrogen and oxygen atoms in total. The summed E-state index contributed by atoms with van der Waals surface area (Å²) in [6.07, 6.45) is 0. The van der Waals surface area contributed by atoms with Crippen molar-refractivity contribution in [2.75, 3.05) is 0 Å². The summed E-state index contributed by atoms with van der Waals surface area (Å²) in [5.74, 6) is -0.302. The number of nitrogens with one attached hydrogen (secondary N) is 1. The summed E-state index contributed by atoms with van der Waals surface area (Å²) in [6.45, 7) is 7.44. The Hall–Kier alpha value is -0.940. The average molecular weight is 214 g/mol. The molecule has 5 heteroatoms. The molecular formula is C9H14N2O2S. The number of aryl methyl sites for hydroxylation is 1. The Kier molecular flexibility index (Phi) is 3.23. The second-order valence-corrected chi connectivity index (χ2v) is 4.96. The van der Waals surface area contributed by atoms with Gasteiger partial charge in [-0.05, 0) is 27.7 Å². The topological polar surface area (TPSA) is 51.2 Å². The summed E-state index contributed by atoms with van der Waals surface area (Å²) in [6, 6.07) is 0. The molecule has 0 bridgehead atoms. The van der Waals surface area contributed by atoms with Gasteiger partial charge in [-0.3, -0.25) is 9.63 Å². The summed E-state index contributed by atoms with van der Waals surface area (Å²) in [5.41, 5.74) is 2.37. The molecule has 1 heterocycles. The molecule has 0 saturated heterocycles. The van der Waals surface area contributed by atoms with Crippen LogP contribution in [0.4, 0.5) is 0 Å². The van der Waals surface area contributed by atoms with E-state index in [2.05, 4.69) is 10.5 Å². The minimum atomic E-state index is -0.388. The zero-order valence-electron chi connectivity index (χ0n) is 8.75. The Balaban J connectivity index is 2.52. The number of thiazole rings is 1. The molecule has 0 saturated carbocycles. The molecule has 0 aliphatic heterocycles. The number of hydrogen-bond donors (Lipinski definition) is 1. The van der Waals surface area contributed by atoms with Crippen LogP contribution in [0.1, 0.15) is 36.3 Å². The first-order chi connectivity index (χ1) is 6.38. The number of hydroxylamine groups is 1. The number of rotatable bonds is 2. The van der Waals surface area contributed by atoms with Gasteiger partial charge in [0.15, 0.2) is 0 Å². The van der Waals surface area contributed by atoms with Gasteiger partial charge in [0.1, 0.15) is 5.69 Å². The predicted molar refractivity (Wildman–Crippen MR) is 55.2 cm³/mol. The lowest BCUT2D eigenvalue weighted by atomic mass is 10.2. The van der Waals surface area contributed by atoms with Crippen LogP contribution in [0, 0.1) is 6.92 Å². The highest BCUT2D eigenvalue weighted by atomic mass is 32.1. The van der Waals surface area contributed by atoms with Crippen molar-refractivity contribution in [3.8, 4) is 0 Å². The lowest BCUT2D eigenvalue weighted by Crippen LogP contribution is -2.33. The van der Waals surface area contributed by atoms with Gasteiger partial charge in [0, 0.05) is 5.38 Å². The van der Waals surface area contributed by atoms with Gasteiger partial charge in [0.25, 0.3) is 5.91 Å². The second kappa shape index (κ2) is 4.06. The summed E-state index contributed by atoms with van der Waals surface area (Å²) >= 11 is 1.44. The van der Waals surface area contributed by atoms with Gasteiger partial charge in [-0.2, -0.15) is 0 Å². The van der Waals surface area contributed by atoms with E-state index in [1.54, 1.807) is 5.38 Å². The van der Waals surface area contributed by atoms with Crippen LogP contribution in [-0.2, 0) is 4.84 Å². The molecule has 0 aromatic carbocycles. The number of aromatic nitrogens is 1. The first-order valence-corrected chi connectivity index (χ1v) is 5.17. The van der Waals surface area contributed by atoms with Crippen molar-refractivity contribution in [1.82, 2.24) is 10.5 Å². The fourth-order valence-corrected chi connectivity index (χ4v) is 1.31. The van der Waals surface area contributed by atoms with E-state index in [1.807, 2.05) is 27.7 Å². The fourth-order valence-electron chi connectivity index (χ4n) is 0.719. The minimum Gasteiger partial charge on any atom is -0.268 e. The van der Waals surface area contributed by atoms with E-state index in [-0.39, 0.29) is 11.5 Å². The van der Waals surface area contributed by atoms with Crippen molar-refractivity contribution >= 4 is 17.2 Å². The molecule has 14 heavy (non-hydrogen) atoms. The van der Waals surface area contributed by atoms with Crippen molar-refractivity contribution in [3.05, 3.63) is 16.1 Å². The Morgan fingerprint density at radius 3 is 2.64 bits per heavy atom. The quantitative estimate of drug-likeness (QED) is 0.765.